The molecule has 0 saturated carbocycles. The number of nitrogens with one attached hydrogen (secondary N) is 1. The van der Waals surface area contributed by atoms with Crippen LogP contribution < -0.4 is 5.32 Å². The highest BCUT2D eigenvalue weighted by Crippen LogP contribution is 2.27. The maximum absolute atomic E-state index is 13.5. The van der Waals surface area contributed by atoms with E-state index < -0.39 is 6.04 Å². The summed E-state index contributed by atoms with van der Waals surface area (Å²) < 4.78 is 5.25. The molecule has 0 spiro atoms. The fourth-order valence-electron chi connectivity index (χ4n) is 4.11. The molecular weight excluding hydrogens is 390 g/mol. The van der Waals surface area contributed by atoms with Gasteiger partial charge in [-0.25, -0.2) is 0 Å². The topological polar surface area (TPSA) is 65.8 Å². The van der Waals surface area contributed by atoms with Crippen molar-refractivity contribution in [1.29, 1.82) is 0 Å². The second kappa shape index (κ2) is 9.18. The van der Waals surface area contributed by atoms with E-state index in [0.717, 1.165) is 22.4 Å². The van der Waals surface area contributed by atoms with Crippen molar-refractivity contribution >= 4 is 17.5 Å². The zero-order valence-electron chi connectivity index (χ0n) is 17.9. The molecule has 1 N–H and O–H groups in total. The van der Waals surface area contributed by atoms with E-state index in [9.17, 15) is 9.59 Å². The van der Waals surface area contributed by atoms with E-state index in [1.54, 1.807) is 17.0 Å². The molecule has 1 aliphatic rings. The van der Waals surface area contributed by atoms with E-state index in [0.29, 0.717) is 31.9 Å². The molecule has 6 heteroatoms. The minimum absolute atomic E-state index is 0.0607. The lowest BCUT2D eigenvalue weighted by atomic mass is 10.0. The molecule has 1 fully saturated rings. The molecular formula is C25H27N3O3. The highest BCUT2D eigenvalue weighted by atomic mass is 16.3. The van der Waals surface area contributed by atoms with Crippen LogP contribution in [0.15, 0.2) is 71.3 Å². The summed E-state index contributed by atoms with van der Waals surface area (Å²) in [6.45, 7) is 6.29. The largest absolute Gasteiger partial charge is 0.459 e. The lowest BCUT2D eigenvalue weighted by Gasteiger charge is -2.38. The minimum atomic E-state index is -0.430. The van der Waals surface area contributed by atoms with Crippen LogP contribution in [0.3, 0.4) is 0 Å². The third-order valence-electron chi connectivity index (χ3n) is 5.79. The molecule has 1 aromatic heterocycles. The van der Waals surface area contributed by atoms with E-state index in [-0.39, 0.29) is 11.8 Å². The van der Waals surface area contributed by atoms with E-state index >= 15 is 0 Å². The Bertz CT molecular complexity index is 1020. The van der Waals surface area contributed by atoms with Crippen LogP contribution in [-0.4, -0.2) is 47.8 Å². The first-order valence-electron chi connectivity index (χ1n) is 10.5. The Hall–Kier alpha value is -3.38. The van der Waals surface area contributed by atoms with Gasteiger partial charge in [0.25, 0.3) is 5.91 Å². The van der Waals surface area contributed by atoms with Crippen LogP contribution >= 0.6 is 0 Å². The van der Waals surface area contributed by atoms with Crippen LogP contribution in [0.2, 0.25) is 0 Å². The molecule has 0 radical (unpaired) electrons. The number of anilines is 1. The van der Waals surface area contributed by atoms with Crippen LogP contribution in [0.4, 0.5) is 5.69 Å². The standard InChI is InChI=1S/C25H27N3O3/c1-18-8-6-9-19(2)22(18)26-24(29)23(20-10-4-3-5-11-20)27-13-15-28(16-14-27)25(30)21-12-7-17-31-21/h3-12,17,23H,13-16H2,1-2H3,(H,26,29)/t23-/m0/s1. The molecule has 160 valence electrons. The SMILES string of the molecule is Cc1cccc(C)c1NC(=O)[C@H](c1ccccc1)N1CCN(C(=O)c2ccco2)CC1. The summed E-state index contributed by atoms with van der Waals surface area (Å²) in [6.07, 6.45) is 1.51. The molecule has 1 saturated heterocycles. The molecule has 0 unspecified atom stereocenters. The Kier molecular flexibility index (Phi) is 6.18. The summed E-state index contributed by atoms with van der Waals surface area (Å²) in [4.78, 5) is 30.0. The van der Waals surface area contributed by atoms with Gasteiger partial charge in [-0.05, 0) is 42.7 Å². The zero-order chi connectivity index (χ0) is 21.8. The minimum Gasteiger partial charge on any atom is -0.459 e. The van der Waals surface area contributed by atoms with Crippen LogP contribution in [0.5, 0.6) is 0 Å². The van der Waals surface area contributed by atoms with Crippen molar-refractivity contribution in [3.63, 3.8) is 0 Å². The summed E-state index contributed by atoms with van der Waals surface area (Å²) in [5.74, 6) is 0.177. The summed E-state index contributed by atoms with van der Waals surface area (Å²) >= 11 is 0. The first kappa shape index (κ1) is 20.9. The number of carbonyl (C=O) groups excluding carboxylic acids is 2. The van der Waals surface area contributed by atoms with E-state index in [2.05, 4.69) is 10.2 Å². The lowest BCUT2D eigenvalue weighted by molar-refractivity contribution is -0.122. The van der Waals surface area contributed by atoms with Gasteiger partial charge in [-0.1, -0.05) is 48.5 Å². The van der Waals surface area contributed by atoms with Gasteiger partial charge < -0.3 is 14.6 Å². The van der Waals surface area contributed by atoms with Gasteiger partial charge in [0.05, 0.1) is 6.26 Å². The molecule has 2 heterocycles. The monoisotopic (exact) mass is 417 g/mol. The van der Waals surface area contributed by atoms with Crippen LogP contribution in [0.25, 0.3) is 0 Å². The van der Waals surface area contributed by atoms with Crippen molar-refractivity contribution in [2.75, 3.05) is 31.5 Å². The number of hydrogen-bond donors (Lipinski definition) is 1. The number of amides is 2. The quantitative estimate of drug-likeness (QED) is 0.681. The predicted octanol–water partition coefficient (Wildman–Crippen LogP) is 4.03. The highest BCUT2D eigenvalue weighted by molar-refractivity contribution is 5.97. The van der Waals surface area contributed by atoms with E-state index in [1.165, 1.54) is 6.26 Å². The van der Waals surface area contributed by atoms with Gasteiger partial charge in [-0.2, -0.15) is 0 Å². The zero-order valence-corrected chi connectivity index (χ0v) is 17.9. The molecule has 31 heavy (non-hydrogen) atoms. The van der Waals surface area contributed by atoms with Crippen LogP contribution in [0.1, 0.15) is 33.3 Å². The van der Waals surface area contributed by atoms with Gasteiger partial charge in [0.15, 0.2) is 5.76 Å². The fourth-order valence-corrected chi connectivity index (χ4v) is 4.11. The summed E-state index contributed by atoms with van der Waals surface area (Å²) in [5.41, 5.74) is 3.88. The number of aryl methyl sites for hydroxylation is 2. The maximum Gasteiger partial charge on any atom is 0.289 e. The summed E-state index contributed by atoms with van der Waals surface area (Å²) in [5, 5.41) is 3.15. The fraction of sp³-hybridized carbons (Fsp3) is 0.280. The molecule has 2 amide bonds. The third kappa shape index (κ3) is 4.54. The molecule has 6 nitrogen and oxygen atoms in total. The molecule has 4 rings (SSSR count). The summed E-state index contributed by atoms with van der Waals surface area (Å²) in [6, 6.07) is 18.8. The predicted molar refractivity (Wildman–Crippen MR) is 120 cm³/mol. The van der Waals surface area contributed by atoms with Crippen LogP contribution in [0, 0.1) is 13.8 Å². The summed E-state index contributed by atoms with van der Waals surface area (Å²) in [7, 11) is 0. The second-order valence-corrected chi connectivity index (χ2v) is 7.87. The number of furan rings is 1. The molecule has 1 atom stereocenters. The van der Waals surface area contributed by atoms with E-state index in [1.807, 2.05) is 62.4 Å². The van der Waals surface area contributed by atoms with Crippen molar-refractivity contribution in [3.05, 3.63) is 89.4 Å². The Labute approximate surface area is 182 Å². The average Bonchev–Trinajstić information content (AvgIpc) is 3.32. The second-order valence-electron chi connectivity index (χ2n) is 7.87. The van der Waals surface area contributed by atoms with Crippen molar-refractivity contribution in [3.8, 4) is 0 Å². The Balaban J connectivity index is 1.53. The van der Waals surface area contributed by atoms with Crippen molar-refractivity contribution in [2.45, 2.75) is 19.9 Å². The Morgan fingerprint density at radius 3 is 2.16 bits per heavy atom. The number of hydrogen-bond acceptors (Lipinski definition) is 4. The van der Waals surface area contributed by atoms with Gasteiger partial charge in [0.2, 0.25) is 5.91 Å². The normalized spacial score (nSPS) is 15.5. The number of rotatable bonds is 5. The molecule has 2 aromatic carbocycles. The smallest absolute Gasteiger partial charge is 0.289 e. The van der Waals surface area contributed by atoms with Gasteiger partial charge >= 0.3 is 0 Å². The number of para-hydroxylation sites is 1. The van der Waals surface area contributed by atoms with Crippen molar-refractivity contribution in [2.24, 2.45) is 0 Å². The van der Waals surface area contributed by atoms with Gasteiger partial charge in [-0.3, -0.25) is 14.5 Å². The van der Waals surface area contributed by atoms with Crippen LogP contribution in [-0.2, 0) is 4.79 Å². The first-order valence-corrected chi connectivity index (χ1v) is 10.5. The molecule has 0 aliphatic carbocycles. The van der Waals surface area contributed by atoms with Crippen molar-refractivity contribution in [1.82, 2.24) is 9.80 Å². The molecule has 1 aliphatic heterocycles. The Morgan fingerprint density at radius 2 is 1.55 bits per heavy atom. The van der Waals surface area contributed by atoms with Gasteiger partial charge in [0, 0.05) is 31.9 Å². The first-order chi connectivity index (χ1) is 15.0. The Morgan fingerprint density at radius 1 is 0.871 bits per heavy atom. The number of nitrogens with zero attached hydrogens (tertiary/aromatic N) is 2. The maximum atomic E-state index is 13.5. The number of piperazine rings is 1. The van der Waals surface area contributed by atoms with Crippen molar-refractivity contribution < 1.29 is 14.0 Å². The highest BCUT2D eigenvalue weighted by Gasteiger charge is 2.32. The number of benzene rings is 2. The number of carbonyl (C=O) groups is 2. The van der Waals surface area contributed by atoms with Gasteiger partial charge in [0.1, 0.15) is 6.04 Å². The van der Waals surface area contributed by atoms with E-state index in [4.69, 9.17) is 4.42 Å². The third-order valence-corrected chi connectivity index (χ3v) is 5.79. The lowest BCUT2D eigenvalue weighted by Crippen LogP contribution is -2.51. The van der Waals surface area contributed by atoms with Gasteiger partial charge in [-0.15, -0.1) is 0 Å². The average molecular weight is 418 g/mol. The molecule has 0 bridgehead atoms. The molecule has 3 aromatic rings.